The molecule has 0 bridgehead atoms. The second kappa shape index (κ2) is 8.70. The van der Waals surface area contributed by atoms with Gasteiger partial charge in [-0.15, -0.1) is 0 Å². The number of piperazine rings is 1. The molecule has 1 aliphatic heterocycles. The Morgan fingerprint density at radius 2 is 1.93 bits per heavy atom. The van der Waals surface area contributed by atoms with Crippen LogP contribution in [0.4, 0.5) is 10.1 Å². The standard InChI is InChI=1S/C20H28FN5O2/c1-14-20(15(2)24(3)23-14)22-19(27)13-26-9-7-25(8-10-26)12-16-11-17(21)5-6-18(16)28-4/h5-6,11H,7-10,12-13H2,1-4H3,(H,22,27)/p+2. The lowest BCUT2D eigenvalue weighted by molar-refractivity contribution is -1.02. The summed E-state index contributed by atoms with van der Waals surface area (Å²) in [5, 5.41) is 7.35. The Balaban J connectivity index is 1.50. The van der Waals surface area contributed by atoms with Gasteiger partial charge in [-0.05, 0) is 32.0 Å². The first-order valence-corrected chi connectivity index (χ1v) is 9.67. The molecule has 1 aromatic heterocycles. The highest BCUT2D eigenvalue weighted by Crippen LogP contribution is 2.18. The fraction of sp³-hybridized carbons (Fsp3) is 0.500. The quantitative estimate of drug-likeness (QED) is 0.599. The zero-order valence-corrected chi connectivity index (χ0v) is 17.1. The van der Waals surface area contributed by atoms with Gasteiger partial charge in [-0.3, -0.25) is 9.48 Å². The maximum absolute atomic E-state index is 13.6. The van der Waals surface area contributed by atoms with Gasteiger partial charge in [0, 0.05) is 7.05 Å². The third-order valence-corrected chi connectivity index (χ3v) is 5.53. The Morgan fingerprint density at radius 1 is 1.25 bits per heavy atom. The number of hydrogen-bond donors (Lipinski definition) is 3. The van der Waals surface area contributed by atoms with E-state index in [2.05, 4.69) is 10.4 Å². The van der Waals surface area contributed by atoms with Crippen molar-refractivity contribution >= 4 is 11.6 Å². The molecule has 152 valence electrons. The van der Waals surface area contributed by atoms with Crippen LogP contribution in [0.15, 0.2) is 18.2 Å². The number of ether oxygens (including phenoxy) is 1. The molecule has 0 radical (unpaired) electrons. The maximum atomic E-state index is 13.6. The minimum Gasteiger partial charge on any atom is -0.496 e. The number of aryl methyl sites for hydroxylation is 2. The summed E-state index contributed by atoms with van der Waals surface area (Å²) >= 11 is 0. The predicted octanol–water partition coefficient (Wildman–Crippen LogP) is -0.893. The number of methoxy groups -OCH3 is 1. The van der Waals surface area contributed by atoms with Crippen LogP contribution in [0.1, 0.15) is 17.0 Å². The smallest absolute Gasteiger partial charge is 0.279 e. The van der Waals surface area contributed by atoms with Gasteiger partial charge < -0.3 is 19.9 Å². The fourth-order valence-corrected chi connectivity index (χ4v) is 3.83. The Morgan fingerprint density at radius 3 is 2.54 bits per heavy atom. The monoisotopic (exact) mass is 391 g/mol. The van der Waals surface area contributed by atoms with Crippen molar-refractivity contribution in [1.82, 2.24) is 9.78 Å². The fourth-order valence-electron chi connectivity index (χ4n) is 3.83. The second-order valence-corrected chi connectivity index (χ2v) is 7.53. The highest BCUT2D eigenvalue weighted by atomic mass is 19.1. The van der Waals surface area contributed by atoms with Gasteiger partial charge in [-0.25, -0.2) is 4.39 Å². The van der Waals surface area contributed by atoms with Gasteiger partial charge in [-0.2, -0.15) is 5.10 Å². The van der Waals surface area contributed by atoms with Gasteiger partial charge >= 0.3 is 0 Å². The third-order valence-electron chi connectivity index (χ3n) is 5.53. The average Bonchev–Trinajstić information content (AvgIpc) is 2.90. The van der Waals surface area contributed by atoms with Crippen molar-refractivity contribution in [2.75, 3.05) is 45.2 Å². The highest BCUT2D eigenvalue weighted by molar-refractivity contribution is 5.92. The number of nitrogens with one attached hydrogen (secondary N) is 3. The van der Waals surface area contributed by atoms with Gasteiger partial charge in [-0.1, -0.05) is 0 Å². The summed E-state index contributed by atoms with van der Waals surface area (Å²) in [4.78, 5) is 15.1. The number of aromatic nitrogens is 2. The average molecular weight is 391 g/mol. The van der Waals surface area contributed by atoms with Gasteiger partial charge in [0.15, 0.2) is 6.54 Å². The minimum absolute atomic E-state index is 0.0180. The van der Waals surface area contributed by atoms with Crippen molar-refractivity contribution in [3.05, 3.63) is 41.0 Å². The predicted molar refractivity (Wildman–Crippen MR) is 104 cm³/mol. The molecular weight excluding hydrogens is 361 g/mol. The molecule has 7 nitrogen and oxygen atoms in total. The first kappa shape index (κ1) is 20.3. The van der Waals surface area contributed by atoms with E-state index >= 15 is 0 Å². The number of halogens is 1. The van der Waals surface area contributed by atoms with Crippen LogP contribution < -0.4 is 19.9 Å². The molecule has 28 heavy (non-hydrogen) atoms. The number of carbonyl (C=O) groups excluding carboxylic acids is 1. The molecule has 2 aromatic rings. The Kier molecular flexibility index (Phi) is 6.31. The number of amides is 1. The molecule has 1 amide bonds. The van der Waals surface area contributed by atoms with Gasteiger partial charge in [0.1, 0.15) is 44.3 Å². The van der Waals surface area contributed by atoms with E-state index in [4.69, 9.17) is 4.74 Å². The van der Waals surface area contributed by atoms with E-state index in [1.165, 1.54) is 15.9 Å². The zero-order chi connectivity index (χ0) is 20.3. The lowest BCUT2D eigenvalue weighted by Gasteiger charge is -2.29. The van der Waals surface area contributed by atoms with Crippen LogP contribution in [0.5, 0.6) is 5.75 Å². The van der Waals surface area contributed by atoms with Crippen LogP contribution in [0.3, 0.4) is 0 Å². The molecule has 3 rings (SSSR count). The molecule has 1 saturated heterocycles. The summed E-state index contributed by atoms with van der Waals surface area (Å²) in [5.41, 5.74) is 3.50. The van der Waals surface area contributed by atoms with Crippen molar-refractivity contribution in [3.63, 3.8) is 0 Å². The number of carbonyl (C=O) groups is 1. The summed E-state index contributed by atoms with van der Waals surface area (Å²) < 4.78 is 20.7. The first-order valence-electron chi connectivity index (χ1n) is 9.67. The van der Waals surface area contributed by atoms with E-state index in [1.807, 2.05) is 20.9 Å². The molecule has 1 fully saturated rings. The molecule has 2 heterocycles. The SMILES string of the molecule is COc1ccc(F)cc1C[NH+]1CC[NH+](CC(=O)Nc2c(C)nn(C)c2C)CC1. The van der Waals surface area contributed by atoms with E-state index in [1.54, 1.807) is 23.9 Å². The summed E-state index contributed by atoms with van der Waals surface area (Å²) in [5.74, 6) is 0.506. The number of hydrogen-bond acceptors (Lipinski definition) is 3. The van der Waals surface area contributed by atoms with E-state index in [0.29, 0.717) is 6.54 Å². The molecule has 0 spiro atoms. The van der Waals surface area contributed by atoms with Crippen molar-refractivity contribution in [1.29, 1.82) is 0 Å². The lowest BCUT2D eigenvalue weighted by atomic mass is 10.1. The molecule has 1 aliphatic rings. The molecule has 0 aliphatic carbocycles. The summed E-state index contributed by atoms with van der Waals surface area (Å²) in [6.45, 7) is 8.72. The summed E-state index contributed by atoms with van der Waals surface area (Å²) in [6.07, 6.45) is 0. The number of benzene rings is 1. The van der Waals surface area contributed by atoms with E-state index < -0.39 is 0 Å². The highest BCUT2D eigenvalue weighted by Gasteiger charge is 2.26. The van der Waals surface area contributed by atoms with Crippen molar-refractivity contribution in [2.24, 2.45) is 7.05 Å². The number of anilines is 1. The number of nitrogens with zero attached hydrogens (tertiary/aromatic N) is 2. The number of quaternary nitrogens is 2. The molecule has 8 heteroatoms. The third kappa shape index (κ3) is 4.69. The van der Waals surface area contributed by atoms with Gasteiger partial charge in [0.05, 0.1) is 29.7 Å². The topological polar surface area (TPSA) is 65.0 Å². The molecular formula is C20H30FN5O2+2. The van der Waals surface area contributed by atoms with Crippen LogP contribution in [0.25, 0.3) is 0 Å². The summed E-state index contributed by atoms with van der Waals surface area (Å²) in [7, 11) is 3.48. The van der Waals surface area contributed by atoms with Crippen LogP contribution in [0, 0.1) is 19.7 Å². The number of rotatable bonds is 6. The van der Waals surface area contributed by atoms with Crippen LogP contribution >= 0.6 is 0 Å². The summed E-state index contributed by atoms with van der Waals surface area (Å²) in [6, 6.07) is 4.65. The first-order chi connectivity index (χ1) is 13.4. The second-order valence-electron chi connectivity index (χ2n) is 7.53. The minimum atomic E-state index is -0.239. The Hall–Kier alpha value is -2.45. The van der Waals surface area contributed by atoms with Gasteiger partial charge in [0.25, 0.3) is 5.91 Å². The Bertz CT molecular complexity index is 843. The van der Waals surface area contributed by atoms with E-state index in [9.17, 15) is 9.18 Å². The molecule has 0 saturated carbocycles. The molecule has 3 N–H and O–H groups in total. The zero-order valence-electron chi connectivity index (χ0n) is 17.1. The molecule has 0 atom stereocenters. The molecule has 1 aromatic carbocycles. The van der Waals surface area contributed by atoms with Crippen molar-refractivity contribution in [2.45, 2.75) is 20.4 Å². The van der Waals surface area contributed by atoms with Crippen LogP contribution in [0.2, 0.25) is 0 Å². The normalized spacial score (nSPS) is 19.5. The van der Waals surface area contributed by atoms with Crippen LogP contribution in [-0.2, 0) is 18.4 Å². The largest absolute Gasteiger partial charge is 0.496 e. The maximum Gasteiger partial charge on any atom is 0.279 e. The van der Waals surface area contributed by atoms with E-state index in [0.717, 1.165) is 61.1 Å². The van der Waals surface area contributed by atoms with Crippen molar-refractivity contribution in [3.8, 4) is 5.75 Å². The van der Waals surface area contributed by atoms with Crippen molar-refractivity contribution < 1.29 is 23.7 Å². The van der Waals surface area contributed by atoms with Crippen LogP contribution in [-0.4, -0.2) is 55.5 Å². The molecule has 0 unspecified atom stereocenters. The lowest BCUT2D eigenvalue weighted by Crippen LogP contribution is -3.28. The van der Waals surface area contributed by atoms with Gasteiger partial charge in [0.2, 0.25) is 0 Å². The van der Waals surface area contributed by atoms with E-state index in [-0.39, 0.29) is 11.7 Å². The Labute approximate surface area is 165 Å².